The highest BCUT2D eigenvalue weighted by atomic mass is 127. The van der Waals surface area contributed by atoms with E-state index in [1.54, 1.807) is 0 Å². The third-order valence-electron chi connectivity index (χ3n) is 3.38. The van der Waals surface area contributed by atoms with Crippen LogP contribution in [0.5, 0.6) is 0 Å². The van der Waals surface area contributed by atoms with Crippen molar-refractivity contribution in [1.82, 2.24) is 0 Å². The number of anilines is 1. The Morgan fingerprint density at radius 1 is 1.43 bits per heavy atom. The van der Waals surface area contributed by atoms with E-state index in [-0.39, 0.29) is 24.0 Å². The molecule has 0 fully saturated rings. The van der Waals surface area contributed by atoms with E-state index in [9.17, 15) is 0 Å². The number of benzene rings is 1. The summed E-state index contributed by atoms with van der Waals surface area (Å²) < 4.78 is 5.28. The summed E-state index contributed by atoms with van der Waals surface area (Å²) in [5.74, 6) is 0.478. The second kappa shape index (κ2) is 9.78. The van der Waals surface area contributed by atoms with Crippen molar-refractivity contribution in [2.75, 3.05) is 25.1 Å². The second-order valence-electron chi connectivity index (χ2n) is 4.88. The number of nitrogens with two attached hydrogens (primary N) is 1. The fraction of sp³-hybridized carbons (Fsp3) is 0.438. The van der Waals surface area contributed by atoms with Gasteiger partial charge in [0.05, 0.1) is 13.2 Å². The number of hydrogen-bond acceptors (Lipinski definition) is 2. The van der Waals surface area contributed by atoms with Gasteiger partial charge in [0, 0.05) is 12.2 Å². The van der Waals surface area contributed by atoms with Crippen molar-refractivity contribution in [3.8, 4) is 0 Å². The fourth-order valence-corrected chi connectivity index (χ4v) is 2.17. The minimum atomic E-state index is 0. The van der Waals surface area contributed by atoms with E-state index in [0.29, 0.717) is 5.96 Å². The lowest BCUT2D eigenvalue weighted by molar-refractivity contribution is 0.153. The number of aliphatic imine (C=N–C) groups is 1. The van der Waals surface area contributed by atoms with E-state index >= 15 is 0 Å². The minimum absolute atomic E-state index is 0. The van der Waals surface area contributed by atoms with Crippen molar-refractivity contribution in [1.29, 1.82) is 0 Å². The van der Waals surface area contributed by atoms with Gasteiger partial charge < -0.3 is 15.8 Å². The average molecular weight is 401 g/mol. The molecule has 0 saturated carbocycles. The molecule has 3 N–H and O–H groups in total. The number of nitrogens with one attached hydrogen (secondary N) is 1. The highest BCUT2D eigenvalue weighted by molar-refractivity contribution is 14.0. The van der Waals surface area contributed by atoms with E-state index in [2.05, 4.69) is 35.4 Å². The van der Waals surface area contributed by atoms with Crippen LogP contribution < -0.4 is 11.1 Å². The zero-order valence-corrected chi connectivity index (χ0v) is 14.8. The third-order valence-corrected chi connectivity index (χ3v) is 3.38. The third kappa shape index (κ3) is 6.48. The Labute approximate surface area is 143 Å². The van der Waals surface area contributed by atoms with Gasteiger partial charge in [0.1, 0.15) is 0 Å². The maximum atomic E-state index is 5.91. The lowest BCUT2D eigenvalue weighted by Gasteiger charge is -2.12. The lowest BCUT2D eigenvalue weighted by Crippen LogP contribution is -2.23. The van der Waals surface area contributed by atoms with Crippen LogP contribution >= 0.6 is 24.0 Å². The molecule has 5 heteroatoms. The zero-order chi connectivity index (χ0) is 14.2. The summed E-state index contributed by atoms with van der Waals surface area (Å²) in [6.07, 6.45) is 5.14. The van der Waals surface area contributed by atoms with Crippen molar-refractivity contribution in [2.45, 2.75) is 26.2 Å². The van der Waals surface area contributed by atoms with Gasteiger partial charge in [-0.05, 0) is 37.0 Å². The van der Waals surface area contributed by atoms with Gasteiger partial charge in [-0.25, -0.2) is 0 Å². The molecule has 1 aromatic carbocycles. The first-order valence-electron chi connectivity index (χ1n) is 7.19. The molecule has 1 heterocycles. The molecule has 0 unspecified atom stereocenters. The van der Waals surface area contributed by atoms with Crippen LogP contribution in [0, 0.1) is 0 Å². The summed E-state index contributed by atoms with van der Waals surface area (Å²) in [4.78, 5) is 4.37. The van der Waals surface area contributed by atoms with Gasteiger partial charge >= 0.3 is 0 Å². The summed E-state index contributed by atoms with van der Waals surface area (Å²) in [5, 5.41) is 3.14. The molecule has 0 saturated heterocycles. The number of nitrogens with zero attached hydrogens (tertiary/aromatic N) is 1. The molecule has 0 spiro atoms. The normalized spacial score (nSPS) is 15.1. The number of guanidine groups is 1. The van der Waals surface area contributed by atoms with Gasteiger partial charge in [0.25, 0.3) is 0 Å². The van der Waals surface area contributed by atoms with Crippen LogP contribution in [0.1, 0.15) is 25.3 Å². The van der Waals surface area contributed by atoms with Crippen LogP contribution in [0.4, 0.5) is 5.69 Å². The van der Waals surface area contributed by atoms with Crippen LogP contribution in [-0.2, 0) is 11.2 Å². The highest BCUT2D eigenvalue weighted by Crippen LogP contribution is 2.12. The molecule has 1 aliphatic heterocycles. The van der Waals surface area contributed by atoms with E-state index < -0.39 is 0 Å². The van der Waals surface area contributed by atoms with Crippen molar-refractivity contribution in [3.63, 3.8) is 0 Å². The fourth-order valence-electron chi connectivity index (χ4n) is 2.17. The molecule has 4 nitrogen and oxygen atoms in total. The Morgan fingerprint density at radius 3 is 3.00 bits per heavy atom. The van der Waals surface area contributed by atoms with Crippen molar-refractivity contribution in [3.05, 3.63) is 41.5 Å². The smallest absolute Gasteiger partial charge is 0.193 e. The van der Waals surface area contributed by atoms with E-state index in [0.717, 1.165) is 44.7 Å². The molecule has 1 aromatic rings. The quantitative estimate of drug-likeness (QED) is 0.345. The predicted octanol–water partition coefficient (Wildman–Crippen LogP) is 3.33. The topological polar surface area (TPSA) is 59.6 Å². The molecule has 0 radical (unpaired) electrons. The Morgan fingerprint density at radius 2 is 2.29 bits per heavy atom. The van der Waals surface area contributed by atoms with Gasteiger partial charge in [-0.3, -0.25) is 4.99 Å². The van der Waals surface area contributed by atoms with Gasteiger partial charge in [-0.15, -0.1) is 24.0 Å². The van der Waals surface area contributed by atoms with Crippen LogP contribution in [0.25, 0.3) is 0 Å². The largest absolute Gasteiger partial charge is 0.377 e. The van der Waals surface area contributed by atoms with E-state index in [4.69, 9.17) is 10.5 Å². The summed E-state index contributed by atoms with van der Waals surface area (Å²) in [5.41, 5.74) is 9.61. The van der Waals surface area contributed by atoms with E-state index in [1.807, 2.05) is 12.1 Å². The summed E-state index contributed by atoms with van der Waals surface area (Å²) in [6, 6.07) is 8.24. The molecule has 1 aliphatic rings. The maximum Gasteiger partial charge on any atom is 0.193 e. The number of hydrogen-bond donors (Lipinski definition) is 2. The maximum absolute atomic E-state index is 5.91. The Balaban J connectivity index is 0.00000220. The van der Waals surface area contributed by atoms with E-state index in [1.165, 1.54) is 11.1 Å². The highest BCUT2D eigenvalue weighted by Gasteiger charge is 2.03. The standard InChI is InChI=1S/C16H23N3O.HI/c1-2-13-4-3-5-15(12-13)19-16(17)18-9-6-14-7-10-20-11-8-14;/h3-5,7,12H,2,6,8-11H2,1H3,(H3,17,18,19);1H. The zero-order valence-electron chi connectivity index (χ0n) is 12.5. The van der Waals surface area contributed by atoms with Crippen LogP contribution in [0.3, 0.4) is 0 Å². The Hall–Kier alpha value is -1.08. The molecule has 2 rings (SSSR count). The number of ether oxygens (including phenoxy) is 1. The first kappa shape index (κ1) is 18.0. The molecule has 0 aliphatic carbocycles. The molecule has 0 bridgehead atoms. The van der Waals surface area contributed by atoms with Crippen LogP contribution in [0.15, 0.2) is 40.9 Å². The predicted molar refractivity (Wildman–Crippen MR) is 99.5 cm³/mol. The van der Waals surface area contributed by atoms with Crippen LogP contribution in [-0.4, -0.2) is 25.7 Å². The molecule has 21 heavy (non-hydrogen) atoms. The van der Waals surface area contributed by atoms with Crippen molar-refractivity contribution < 1.29 is 4.74 Å². The molecular formula is C16H24IN3O. The van der Waals surface area contributed by atoms with Gasteiger partial charge in [-0.1, -0.05) is 30.7 Å². The first-order chi connectivity index (χ1) is 9.78. The summed E-state index contributed by atoms with van der Waals surface area (Å²) >= 11 is 0. The van der Waals surface area contributed by atoms with Crippen molar-refractivity contribution >= 4 is 35.6 Å². The van der Waals surface area contributed by atoms with Crippen molar-refractivity contribution in [2.24, 2.45) is 10.7 Å². The van der Waals surface area contributed by atoms with Gasteiger partial charge in [-0.2, -0.15) is 0 Å². The summed E-state index contributed by atoms with van der Waals surface area (Å²) in [6.45, 7) is 4.42. The SMILES string of the molecule is CCc1cccc(NC(N)=NCCC2=CCOCC2)c1.I. The molecule has 116 valence electrons. The lowest BCUT2D eigenvalue weighted by atomic mass is 10.1. The molecular weight excluding hydrogens is 377 g/mol. The molecule has 0 aromatic heterocycles. The molecule has 0 amide bonds. The average Bonchev–Trinajstić information content (AvgIpc) is 2.48. The van der Waals surface area contributed by atoms with Crippen LogP contribution in [0.2, 0.25) is 0 Å². The van der Waals surface area contributed by atoms with Gasteiger partial charge in [0.2, 0.25) is 0 Å². The number of halogens is 1. The first-order valence-corrected chi connectivity index (χ1v) is 7.19. The molecule has 0 atom stereocenters. The Kier molecular flexibility index (Phi) is 8.37. The van der Waals surface area contributed by atoms with Gasteiger partial charge in [0.15, 0.2) is 5.96 Å². The Bertz CT molecular complexity index is 500. The number of rotatable bonds is 5. The second-order valence-corrected chi connectivity index (χ2v) is 4.88. The minimum Gasteiger partial charge on any atom is -0.377 e. The summed E-state index contributed by atoms with van der Waals surface area (Å²) in [7, 11) is 0. The number of aryl methyl sites for hydroxylation is 1. The monoisotopic (exact) mass is 401 g/mol.